The molecule has 0 aliphatic rings. The van der Waals surface area contributed by atoms with Crippen LogP contribution in [-0.2, 0) is 17.1 Å². The Labute approximate surface area is 123 Å². The van der Waals surface area contributed by atoms with Crippen molar-refractivity contribution in [1.82, 2.24) is 5.43 Å². The molecule has 0 fully saturated rings. The van der Waals surface area contributed by atoms with Crippen LogP contribution in [0.4, 0.5) is 0 Å². The van der Waals surface area contributed by atoms with E-state index >= 15 is 0 Å². The third-order valence-corrected chi connectivity index (χ3v) is 2.06. The topological polar surface area (TPSA) is 50.4 Å². The Morgan fingerprint density at radius 3 is 2.17 bits per heavy atom. The zero-order chi connectivity index (χ0) is 12.5. The second kappa shape index (κ2) is 9.59. The first-order chi connectivity index (χ1) is 8.20. The smallest absolute Gasteiger partial charge is 0.375 e. The summed E-state index contributed by atoms with van der Waals surface area (Å²) in [6.45, 7) is 1.89. The summed E-state index contributed by atoms with van der Waals surface area (Å²) in [6.07, 6.45) is 0. The Hall–Kier alpha value is -1.42. The van der Waals surface area contributed by atoms with Gasteiger partial charge in [0.15, 0.2) is 5.11 Å². The summed E-state index contributed by atoms with van der Waals surface area (Å²) < 4.78 is 0. The number of nitrogens with zero attached hydrogens (tertiary/aromatic N) is 1. The van der Waals surface area contributed by atoms with Crippen LogP contribution in [0.2, 0.25) is 0 Å². The fourth-order valence-corrected chi connectivity index (χ4v) is 1.19. The van der Waals surface area contributed by atoms with Crippen LogP contribution < -0.4 is 11.2 Å². The average molecular weight is 301 g/mol. The van der Waals surface area contributed by atoms with Crippen LogP contribution in [0.1, 0.15) is 12.5 Å². The summed E-state index contributed by atoms with van der Waals surface area (Å²) in [6, 6.07) is 17.9. The molecule has 2 aromatic rings. The van der Waals surface area contributed by atoms with Gasteiger partial charge in [-0.15, -0.1) is 5.56 Å². The Bertz CT molecular complexity index is 429. The maximum Gasteiger partial charge on any atom is 2.00 e. The van der Waals surface area contributed by atoms with Crippen LogP contribution in [0.5, 0.6) is 0 Å². The standard InChI is InChI=1S/C8H10N3S.C5H5.Fe/c1-6(10-11-8(9)12)7-4-2-3-5-7;1-2-4-5-3-1;/h2-5H,1H3,(H3,9,11,12);1-5H;/q2*-1;+2. The van der Waals surface area contributed by atoms with Gasteiger partial charge in [-0.1, -0.05) is 0 Å². The summed E-state index contributed by atoms with van der Waals surface area (Å²) in [4.78, 5) is 0. The number of thiocarbonyl (C=S) groups is 1. The molecule has 0 spiro atoms. The predicted octanol–water partition coefficient (Wildman–Crippen LogP) is 2.37. The van der Waals surface area contributed by atoms with Gasteiger partial charge in [0.1, 0.15) is 0 Å². The van der Waals surface area contributed by atoms with E-state index in [1.807, 2.05) is 61.5 Å². The summed E-state index contributed by atoms with van der Waals surface area (Å²) in [5.41, 5.74) is 9.67. The zero-order valence-electron chi connectivity index (χ0n) is 9.98. The van der Waals surface area contributed by atoms with Gasteiger partial charge in [0.25, 0.3) is 0 Å². The van der Waals surface area contributed by atoms with Crippen molar-refractivity contribution in [1.29, 1.82) is 0 Å². The molecule has 0 bridgehead atoms. The van der Waals surface area contributed by atoms with Gasteiger partial charge in [-0.2, -0.15) is 35.4 Å². The first kappa shape index (κ1) is 16.6. The predicted molar refractivity (Wildman–Crippen MR) is 76.2 cm³/mol. The maximum atomic E-state index is 5.21. The van der Waals surface area contributed by atoms with Crippen molar-refractivity contribution in [3.63, 3.8) is 0 Å². The van der Waals surface area contributed by atoms with Crippen molar-refractivity contribution in [2.75, 3.05) is 0 Å². The number of nitrogens with two attached hydrogens (primary N) is 1. The minimum Gasteiger partial charge on any atom is -0.375 e. The van der Waals surface area contributed by atoms with Gasteiger partial charge >= 0.3 is 17.1 Å². The summed E-state index contributed by atoms with van der Waals surface area (Å²) in [5, 5.41) is 4.15. The number of hydrazone groups is 1. The second-order valence-corrected chi connectivity index (χ2v) is 3.75. The van der Waals surface area contributed by atoms with Crippen molar-refractivity contribution in [2.24, 2.45) is 10.8 Å². The molecule has 0 saturated heterocycles. The quantitative estimate of drug-likeness (QED) is 0.294. The van der Waals surface area contributed by atoms with E-state index in [0.29, 0.717) is 0 Å². The molecule has 3 N–H and O–H groups in total. The van der Waals surface area contributed by atoms with Crippen molar-refractivity contribution in [2.45, 2.75) is 6.92 Å². The fraction of sp³-hybridized carbons (Fsp3) is 0.0769. The molecule has 0 atom stereocenters. The normalized spacial score (nSPS) is 9.72. The first-order valence-corrected chi connectivity index (χ1v) is 5.59. The SMILES string of the molecule is CC(=NNC(N)=S)[c-]1cccc1.[Fe+2].c1cc[cH-]c1. The molecule has 0 saturated carbocycles. The van der Waals surface area contributed by atoms with Gasteiger partial charge in [0.2, 0.25) is 0 Å². The summed E-state index contributed by atoms with van der Waals surface area (Å²) in [7, 11) is 0. The average Bonchev–Trinajstić information content (AvgIpc) is 2.99. The zero-order valence-corrected chi connectivity index (χ0v) is 11.9. The molecular formula is C13H15FeN3S. The Morgan fingerprint density at radius 1 is 1.22 bits per heavy atom. The first-order valence-electron chi connectivity index (χ1n) is 5.18. The monoisotopic (exact) mass is 301 g/mol. The van der Waals surface area contributed by atoms with Crippen LogP contribution in [-0.4, -0.2) is 10.8 Å². The van der Waals surface area contributed by atoms with Gasteiger partial charge in [-0.25, -0.2) is 24.3 Å². The molecule has 0 radical (unpaired) electrons. The largest absolute Gasteiger partial charge is 2.00 e. The van der Waals surface area contributed by atoms with Crippen LogP contribution >= 0.6 is 12.2 Å². The molecule has 0 unspecified atom stereocenters. The van der Waals surface area contributed by atoms with Crippen LogP contribution in [0.3, 0.4) is 0 Å². The molecule has 0 aliphatic carbocycles. The number of nitrogens with one attached hydrogen (secondary N) is 1. The molecular weight excluding hydrogens is 286 g/mol. The van der Waals surface area contributed by atoms with E-state index in [9.17, 15) is 0 Å². The molecule has 0 amide bonds. The molecule has 0 heterocycles. The van der Waals surface area contributed by atoms with Crippen molar-refractivity contribution in [3.05, 3.63) is 60.2 Å². The van der Waals surface area contributed by atoms with Gasteiger partial charge in [0, 0.05) is 5.71 Å². The van der Waals surface area contributed by atoms with Gasteiger partial charge < -0.3 is 5.73 Å². The van der Waals surface area contributed by atoms with E-state index in [4.69, 9.17) is 5.73 Å². The number of hydrogen-bond acceptors (Lipinski definition) is 2. The Balaban J connectivity index is 0.000000405. The van der Waals surface area contributed by atoms with Crippen LogP contribution in [0, 0.1) is 0 Å². The second-order valence-electron chi connectivity index (χ2n) is 3.31. The van der Waals surface area contributed by atoms with Crippen LogP contribution in [0.15, 0.2) is 59.7 Å². The molecule has 96 valence electrons. The fourth-order valence-electron chi connectivity index (χ4n) is 1.14. The van der Waals surface area contributed by atoms with E-state index in [-0.39, 0.29) is 22.2 Å². The van der Waals surface area contributed by atoms with Gasteiger partial charge in [-0.3, -0.25) is 5.43 Å². The van der Waals surface area contributed by atoms with E-state index in [0.717, 1.165) is 11.3 Å². The van der Waals surface area contributed by atoms with E-state index < -0.39 is 0 Å². The van der Waals surface area contributed by atoms with E-state index in [1.54, 1.807) is 0 Å². The molecule has 2 rings (SSSR count). The Kier molecular flexibility index (Phi) is 8.84. The van der Waals surface area contributed by atoms with Crippen molar-refractivity contribution < 1.29 is 17.1 Å². The molecule has 3 nitrogen and oxygen atoms in total. The van der Waals surface area contributed by atoms with Crippen molar-refractivity contribution in [3.8, 4) is 0 Å². The van der Waals surface area contributed by atoms with E-state index in [1.165, 1.54) is 0 Å². The van der Waals surface area contributed by atoms with Crippen LogP contribution in [0.25, 0.3) is 0 Å². The van der Waals surface area contributed by atoms with Crippen molar-refractivity contribution >= 4 is 23.0 Å². The van der Waals surface area contributed by atoms with Gasteiger partial charge in [0.05, 0.1) is 0 Å². The minimum atomic E-state index is 0. The minimum absolute atomic E-state index is 0. The summed E-state index contributed by atoms with van der Waals surface area (Å²) in [5.74, 6) is 0. The molecule has 0 aromatic heterocycles. The third kappa shape index (κ3) is 7.01. The molecule has 5 heteroatoms. The molecule has 18 heavy (non-hydrogen) atoms. The molecule has 0 aliphatic heterocycles. The number of rotatable bonds is 2. The number of hydrogen-bond donors (Lipinski definition) is 2. The van der Waals surface area contributed by atoms with E-state index in [2.05, 4.69) is 22.7 Å². The third-order valence-electron chi connectivity index (χ3n) is 1.97. The molecule has 2 aromatic carbocycles. The van der Waals surface area contributed by atoms with Gasteiger partial charge in [-0.05, 0) is 19.1 Å². The summed E-state index contributed by atoms with van der Waals surface area (Å²) >= 11 is 4.60. The maximum absolute atomic E-state index is 5.21. The Morgan fingerprint density at radius 2 is 1.78 bits per heavy atom.